The lowest BCUT2D eigenvalue weighted by atomic mass is 10.1. The van der Waals surface area contributed by atoms with E-state index < -0.39 is 0 Å². The molecule has 0 spiro atoms. The number of nitrogens with zero attached hydrogens (tertiary/aromatic N) is 1. The van der Waals surface area contributed by atoms with Crippen molar-refractivity contribution in [3.63, 3.8) is 0 Å². The van der Waals surface area contributed by atoms with Gasteiger partial charge in [-0.25, -0.2) is 5.43 Å². The van der Waals surface area contributed by atoms with E-state index in [1.54, 1.807) is 6.07 Å². The maximum atomic E-state index is 10.9. The number of phenolic OH excluding ortho intramolecular Hbond substituents is 1. The quantitative estimate of drug-likeness (QED) is 0.822. The standard InChI is InChI=1S/C13H14N2O2S/c1-18-12-6-3-9(8-11(12)16)2-4-10-5-7-13(17)15-14-10/h2-4,6,8,16H,5,7H2,1H3,(H,15,17). The third-order valence-electron chi connectivity index (χ3n) is 2.60. The van der Waals surface area contributed by atoms with Crippen LogP contribution in [0, 0.1) is 0 Å². The average molecular weight is 262 g/mol. The number of benzene rings is 1. The molecular weight excluding hydrogens is 248 g/mol. The van der Waals surface area contributed by atoms with Gasteiger partial charge in [-0.3, -0.25) is 4.79 Å². The van der Waals surface area contributed by atoms with Crippen molar-refractivity contribution in [1.29, 1.82) is 0 Å². The van der Waals surface area contributed by atoms with Crippen LogP contribution in [0.2, 0.25) is 0 Å². The molecule has 2 rings (SSSR count). The molecule has 1 aromatic carbocycles. The van der Waals surface area contributed by atoms with Gasteiger partial charge in [-0.05, 0) is 30.0 Å². The summed E-state index contributed by atoms with van der Waals surface area (Å²) in [7, 11) is 0. The Morgan fingerprint density at radius 2 is 2.22 bits per heavy atom. The van der Waals surface area contributed by atoms with E-state index in [2.05, 4.69) is 10.5 Å². The average Bonchev–Trinajstić information content (AvgIpc) is 2.38. The SMILES string of the molecule is CSc1ccc(C=CC2=NNC(=O)CC2)cc1O. The van der Waals surface area contributed by atoms with Crippen molar-refractivity contribution in [3.05, 3.63) is 29.8 Å². The fraction of sp³-hybridized carbons (Fsp3) is 0.231. The number of amides is 1. The van der Waals surface area contributed by atoms with Crippen LogP contribution in [0.4, 0.5) is 0 Å². The molecule has 0 atom stereocenters. The molecule has 1 aliphatic heterocycles. The highest BCUT2D eigenvalue weighted by molar-refractivity contribution is 7.98. The van der Waals surface area contributed by atoms with Crippen LogP contribution in [0.15, 0.2) is 34.3 Å². The summed E-state index contributed by atoms with van der Waals surface area (Å²) in [5.41, 5.74) is 4.19. The van der Waals surface area contributed by atoms with E-state index in [0.717, 1.165) is 16.2 Å². The van der Waals surface area contributed by atoms with E-state index in [1.807, 2.05) is 30.5 Å². The molecule has 0 radical (unpaired) electrons. The summed E-state index contributed by atoms with van der Waals surface area (Å²) >= 11 is 1.51. The normalized spacial score (nSPS) is 15.6. The highest BCUT2D eigenvalue weighted by atomic mass is 32.2. The number of hydrazone groups is 1. The second kappa shape index (κ2) is 5.73. The maximum Gasteiger partial charge on any atom is 0.240 e. The highest BCUT2D eigenvalue weighted by Gasteiger charge is 2.08. The lowest BCUT2D eigenvalue weighted by molar-refractivity contribution is -0.121. The molecule has 4 nitrogen and oxygen atoms in total. The van der Waals surface area contributed by atoms with Crippen molar-refractivity contribution >= 4 is 29.5 Å². The first-order valence-electron chi connectivity index (χ1n) is 5.59. The summed E-state index contributed by atoms with van der Waals surface area (Å²) in [6, 6.07) is 5.53. The van der Waals surface area contributed by atoms with Crippen LogP contribution in [-0.2, 0) is 4.79 Å². The molecule has 0 aromatic heterocycles. The summed E-state index contributed by atoms with van der Waals surface area (Å²) in [6.45, 7) is 0. The first-order chi connectivity index (χ1) is 8.69. The topological polar surface area (TPSA) is 61.7 Å². The maximum absolute atomic E-state index is 10.9. The van der Waals surface area contributed by atoms with Gasteiger partial charge >= 0.3 is 0 Å². The minimum absolute atomic E-state index is 0.0471. The van der Waals surface area contributed by atoms with Crippen LogP contribution >= 0.6 is 11.8 Å². The minimum Gasteiger partial charge on any atom is -0.507 e. The zero-order chi connectivity index (χ0) is 13.0. The van der Waals surface area contributed by atoms with Crippen molar-refractivity contribution in [2.24, 2.45) is 5.10 Å². The smallest absolute Gasteiger partial charge is 0.240 e. The molecule has 0 unspecified atom stereocenters. The zero-order valence-electron chi connectivity index (χ0n) is 10.0. The molecule has 0 saturated heterocycles. The number of rotatable bonds is 3. The molecule has 0 bridgehead atoms. The monoisotopic (exact) mass is 262 g/mol. The van der Waals surface area contributed by atoms with Crippen molar-refractivity contribution in [1.82, 2.24) is 5.43 Å². The first-order valence-corrected chi connectivity index (χ1v) is 6.82. The number of thioether (sulfide) groups is 1. The van der Waals surface area contributed by atoms with Crippen LogP contribution in [0.3, 0.4) is 0 Å². The Hall–Kier alpha value is -1.75. The summed E-state index contributed by atoms with van der Waals surface area (Å²) in [6.07, 6.45) is 6.77. The number of hydrogen-bond donors (Lipinski definition) is 2. The number of carbonyl (C=O) groups excluding carboxylic acids is 1. The van der Waals surface area contributed by atoms with E-state index in [4.69, 9.17) is 0 Å². The molecule has 1 heterocycles. The second-order valence-electron chi connectivity index (χ2n) is 3.90. The molecule has 94 valence electrons. The Bertz CT molecular complexity index is 524. The molecule has 18 heavy (non-hydrogen) atoms. The van der Waals surface area contributed by atoms with Crippen molar-refractivity contribution in [2.75, 3.05) is 6.26 Å². The largest absolute Gasteiger partial charge is 0.507 e. The molecule has 5 heteroatoms. The van der Waals surface area contributed by atoms with Crippen LogP contribution in [0.1, 0.15) is 18.4 Å². The van der Waals surface area contributed by atoms with Crippen molar-refractivity contribution < 1.29 is 9.90 Å². The van der Waals surface area contributed by atoms with Gasteiger partial charge in [0.2, 0.25) is 5.91 Å². The highest BCUT2D eigenvalue weighted by Crippen LogP contribution is 2.27. The summed E-state index contributed by atoms with van der Waals surface area (Å²) in [4.78, 5) is 11.8. The Labute approximate surface area is 110 Å². The van der Waals surface area contributed by atoms with Crippen LogP contribution in [0.5, 0.6) is 5.75 Å². The van der Waals surface area contributed by atoms with E-state index in [9.17, 15) is 9.90 Å². The van der Waals surface area contributed by atoms with Crippen LogP contribution in [0.25, 0.3) is 6.08 Å². The van der Waals surface area contributed by atoms with E-state index in [1.165, 1.54) is 11.8 Å². The predicted octanol–water partition coefficient (Wildman–Crippen LogP) is 2.39. The number of carbonyl (C=O) groups is 1. The van der Waals surface area contributed by atoms with Gasteiger partial charge in [0, 0.05) is 17.7 Å². The molecule has 2 N–H and O–H groups in total. The molecule has 0 saturated carbocycles. The number of nitrogens with one attached hydrogen (secondary N) is 1. The molecule has 0 aliphatic carbocycles. The number of aromatic hydroxyl groups is 1. The number of allylic oxidation sites excluding steroid dienone is 1. The summed E-state index contributed by atoms with van der Waals surface area (Å²) < 4.78 is 0. The van der Waals surface area contributed by atoms with E-state index >= 15 is 0 Å². The van der Waals surface area contributed by atoms with Crippen molar-refractivity contribution in [2.45, 2.75) is 17.7 Å². The Kier molecular flexibility index (Phi) is 4.04. The van der Waals surface area contributed by atoms with Gasteiger partial charge in [-0.15, -0.1) is 11.8 Å². The Morgan fingerprint density at radius 3 is 2.83 bits per heavy atom. The molecule has 1 aromatic rings. The van der Waals surface area contributed by atoms with E-state index in [0.29, 0.717) is 12.8 Å². The fourth-order valence-corrected chi connectivity index (χ4v) is 2.08. The van der Waals surface area contributed by atoms with Gasteiger partial charge in [0.25, 0.3) is 0 Å². The third-order valence-corrected chi connectivity index (χ3v) is 3.39. The zero-order valence-corrected chi connectivity index (χ0v) is 10.8. The Balaban J connectivity index is 2.09. The number of phenols is 1. The fourth-order valence-electron chi connectivity index (χ4n) is 1.61. The Morgan fingerprint density at radius 1 is 1.39 bits per heavy atom. The second-order valence-corrected chi connectivity index (χ2v) is 4.75. The summed E-state index contributed by atoms with van der Waals surface area (Å²) in [5, 5.41) is 13.7. The molecule has 0 fully saturated rings. The van der Waals surface area contributed by atoms with Crippen LogP contribution in [-0.4, -0.2) is 23.0 Å². The molecular formula is C13H14N2O2S. The lowest BCUT2D eigenvalue weighted by Crippen LogP contribution is -2.24. The van der Waals surface area contributed by atoms with Crippen LogP contribution < -0.4 is 5.43 Å². The van der Waals surface area contributed by atoms with E-state index in [-0.39, 0.29) is 11.7 Å². The lowest BCUT2D eigenvalue weighted by Gasteiger charge is -2.08. The summed E-state index contributed by atoms with van der Waals surface area (Å²) in [5.74, 6) is 0.234. The van der Waals surface area contributed by atoms with Crippen molar-refractivity contribution in [3.8, 4) is 5.75 Å². The van der Waals surface area contributed by atoms with Gasteiger partial charge in [-0.1, -0.05) is 12.1 Å². The van der Waals surface area contributed by atoms with Gasteiger partial charge in [0.1, 0.15) is 5.75 Å². The number of hydrogen-bond acceptors (Lipinski definition) is 4. The molecule has 1 aliphatic rings. The first kappa shape index (κ1) is 12.7. The van der Waals surface area contributed by atoms with Gasteiger partial charge < -0.3 is 5.11 Å². The van der Waals surface area contributed by atoms with Gasteiger partial charge in [0.15, 0.2) is 0 Å². The van der Waals surface area contributed by atoms with Gasteiger partial charge in [0.05, 0.1) is 5.71 Å². The molecule has 1 amide bonds. The third kappa shape index (κ3) is 3.13. The van der Waals surface area contributed by atoms with Gasteiger partial charge in [-0.2, -0.15) is 5.10 Å². The predicted molar refractivity (Wildman–Crippen MR) is 73.7 cm³/mol. The minimum atomic E-state index is -0.0471.